The van der Waals surface area contributed by atoms with Crippen LogP contribution in [0.4, 0.5) is 0 Å². The third kappa shape index (κ3) is 1.35. The average Bonchev–Trinajstić information content (AvgIpc) is 2.36. The van der Waals surface area contributed by atoms with Crippen LogP contribution < -0.4 is 0 Å². The van der Waals surface area contributed by atoms with E-state index in [0.717, 1.165) is 0 Å². The SMILES string of the molecule is CC(C)C(=O)C1C=CC=C1. The number of hydrogen-bond acceptors (Lipinski definition) is 1. The fourth-order valence-electron chi connectivity index (χ4n) is 1.01. The average molecular weight is 136 g/mol. The van der Waals surface area contributed by atoms with Crippen molar-refractivity contribution in [2.24, 2.45) is 11.8 Å². The molecular formula is C9H12O. The van der Waals surface area contributed by atoms with E-state index in [9.17, 15) is 4.79 Å². The van der Waals surface area contributed by atoms with Gasteiger partial charge in [0, 0.05) is 5.92 Å². The van der Waals surface area contributed by atoms with Gasteiger partial charge < -0.3 is 0 Å². The van der Waals surface area contributed by atoms with Gasteiger partial charge in [-0.15, -0.1) is 0 Å². The minimum Gasteiger partial charge on any atom is -0.298 e. The molecule has 0 saturated carbocycles. The van der Waals surface area contributed by atoms with Gasteiger partial charge in [0.25, 0.3) is 0 Å². The molecule has 0 aromatic rings. The van der Waals surface area contributed by atoms with Crippen molar-refractivity contribution in [2.45, 2.75) is 13.8 Å². The van der Waals surface area contributed by atoms with Gasteiger partial charge in [0.1, 0.15) is 5.78 Å². The number of allylic oxidation sites excluding steroid dienone is 4. The summed E-state index contributed by atoms with van der Waals surface area (Å²) >= 11 is 0. The molecule has 0 radical (unpaired) electrons. The number of rotatable bonds is 2. The standard InChI is InChI=1S/C9H12O/c1-7(2)9(10)8-5-3-4-6-8/h3-8H,1-2H3. The third-order valence-electron chi connectivity index (χ3n) is 1.65. The predicted octanol–water partition coefficient (Wildman–Crippen LogP) is 1.95. The summed E-state index contributed by atoms with van der Waals surface area (Å²) in [4.78, 5) is 11.2. The fourth-order valence-corrected chi connectivity index (χ4v) is 1.01. The van der Waals surface area contributed by atoms with E-state index < -0.39 is 0 Å². The van der Waals surface area contributed by atoms with E-state index in [1.165, 1.54) is 0 Å². The summed E-state index contributed by atoms with van der Waals surface area (Å²) in [6, 6.07) is 0. The van der Waals surface area contributed by atoms with Gasteiger partial charge in [-0.05, 0) is 0 Å². The molecule has 1 aliphatic carbocycles. The van der Waals surface area contributed by atoms with Crippen molar-refractivity contribution in [3.05, 3.63) is 24.3 Å². The van der Waals surface area contributed by atoms with Crippen molar-refractivity contribution in [1.82, 2.24) is 0 Å². The van der Waals surface area contributed by atoms with E-state index in [2.05, 4.69) is 0 Å². The van der Waals surface area contributed by atoms with Crippen molar-refractivity contribution in [1.29, 1.82) is 0 Å². The summed E-state index contributed by atoms with van der Waals surface area (Å²) in [6.07, 6.45) is 7.71. The zero-order valence-corrected chi connectivity index (χ0v) is 6.37. The molecule has 0 aromatic carbocycles. The molecule has 0 spiro atoms. The van der Waals surface area contributed by atoms with Gasteiger partial charge in [0.15, 0.2) is 0 Å². The highest BCUT2D eigenvalue weighted by molar-refractivity contribution is 5.86. The van der Waals surface area contributed by atoms with Crippen LogP contribution in [0.2, 0.25) is 0 Å². The summed E-state index contributed by atoms with van der Waals surface area (Å²) in [7, 11) is 0. The number of carbonyl (C=O) groups is 1. The zero-order valence-electron chi connectivity index (χ0n) is 6.37. The second-order valence-corrected chi connectivity index (χ2v) is 2.85. The van der Waals surface area contributed by atoms with Crippen LogP contribution in [0.5, 0.6) is 0 Å². The molecule has 10 heavy (non-hydrogen) atoms. The van der Waals surface area contributed by atoms with Crippen molar-refractivity contribution in [3.8, 4) is 0 Å². The summed E-state index contributed by atoms with van der Waals surface area (Å²) in [5, 5.41) is 0. The minimum absolute atomic E-state index is 0.0556. The Balaban J connectivity index is 2.58. The van der Waals surface area contributed by atoms with Gasteiger partial charge in [0.05, 0.1) is 5.92 Å². The first kappa shape index (κ1) is 7.26. The van der Waals surface area contributed by atoms with Crippen LogP contribution in [-0.4, -0.2) is 5.78 Å². The summed E-state index contributed by atoms with van der Waals surface area (Å²) in [5.41, 5.74) is 0. The van der Waals surface area contributed by atoms with Crippen LogP contribution in [0.1, 0.15) is 13.8 Å². The van der Waals surface area contributed by atoms with Crippen LogP contribution in [0, 0.1) is 11.8 Å². The normalized spacial score (nSPS) is 17.1. The smallest absolute Gasteiger partial charge is 0.146 e. The molecule has 0 bridgehead atoms. The van der Waals surface area contributed by atoms with Crippen LogP contribution in [-0.2, 0) is 4.79 Å². The first-order valence-electron chi connectivity index (χ1n) is 3.60. The van der Waals surface area contributed by atoms with E-state index in [0.29, 0.717) is 5.78 Å². The largest absolute Gasteiger partial charge is 0.298 e. The molecule has 0 saturated heterocycles. The van der Waals surface area contributed by atoms with E-state index >= 15 is 0 Å². The number of hydrogen-bond donors (Lipinski definition) is 0. The Kier molecular flexibility index (Phi) is 2.05. The van der Waals surface area contributed by atoms with Crippen molar-refractivity contribution >= 4 is 5.78 Å². The van der Waals surface area contributed by atoms with Gasteiger partial charge in [-0.1, -0.05) is 38.2 Å². The van der Waals surface area contributed by atoms with Gasteiger partial charge in [-0.2, -0.15) is 0 Å². The van der Waals surface area contributed by atoms with Crippen LogP contribution in [0.3, 0.4) is 0 Å². The lowest BCUT2D eigenvalue weighted by atomic mass is 9.97. The number of Topliss-reactive ketones (excluding diaryl/α,β-unsaturated/α-hetero) is 1. The lowest BCUT2D eigenvalue weighted by Crippen LogP contribution is -2.14. The molecule has 0 fully saturated rings. The van der Waals surface area contributed by atoms with E-state index in [1.807, 2.05) is 38.2 Å². The molecule has 0 amide bonds. The second kappa shape index (κ2) is 2.82. The Hall–Kier alpha value is -0.850. The van der Waals surface area contributed by atoms with Crippen molar-refractivity contribution < 1.29 is 4.79 Å². The maximum absolute atomic E-state index is 11.2. The molecule has 0 aromatic heterocycles. The monoisotopic (exact) mass is 136 g/mol. The van der Waals surface area contributed by atoms with E-state index in [-0.39, 0.29) is 11.8 Å². The summed E-state index contributed by atoms with van der Waals surface area (Å²) in [5.74, 6) is 0.516. The van der Waals surface area contributed by atoms with E-state index in [1.54, 1.807) is 0 Å². The fraction of sp³-hybridized carbons (Fsp3) is 0.444. The molecule has 54 valence electrons. The lowest BCUT2D eigenvalue weighted by molar-refractivity contribution is -0.123. The molecule has 0 aliphatic heterocycles. The van der Waals surface area contributed by atoms with Crippen molar-refractivity contribution in [3.63, 3.8) is 0 Å². The highest BCUT2D eigenvalue weighted by Gasteiger charge is 2.16. The lowest BCUT2D eigenvalue weighted by Gasteiger charge is -2.06. The molecule has 0 unspecified atom stereocenters. The molecular weight excluding hydrogens is 124 g/mol. The van der Waals surface area contributed by atoms with Gasteiger partial charge in [-0.3, -0.25) is 4.79 Å². The van der Waals surface area contributed by atoms with Crippen LogP contribution >= 0.6 is 0 Å². The third-order valence-corrected chi connectivity index (χ3v) is 1.65. The maximum atomic E-state index is 11.2. The Morgan fingerprint density at radius 1 is 1.30 bits per heavy atom. The number of carbonyl (C=O) groups excluding carboxylic acids is 1. The zero-order chi connectivity index (χ0) is 7.56. The number of ketones is 1. The molecule has 0 atom stereocenters. The molecule has 1 rings (SSSR count). The summed E-state index contributed by atoms with van der Waals surface area (Å²) < 4.78 is 0. The van der Waals surface area contributed by atoms with Gasteiger partial charge in [0.2, 0.25) is 0 Å². The second-order valence-electron chi connectivity index (χ2n) is 2.85. The first-order valence-corrected chi connectivity index (χ1v) is 3.60. The Bertz CT molecular complexity index is 175. The Labute approximate surface area is 61.4 Å². The molecule has 1 heteroatoms. The predicted molar refractivity (Wildman–Crippen MR) is 41.6 cm³/mol. The van der Waals surface area contributed by atoms with Crippen LogP contribution in [0.15, 0.2) is 24.3 Å². The van der Waals surface area contributed by atoms with Gasteiger partial charge >= 0.3 is 0 Å². The highest BCUT2D eigenvalue weighted by Crippen LogP contribution is 2.14. The quantitative estimate of drug-likeness (QED) is 0.567. The Morgan fingerprint density at radius 3 is 2.20 bits per heavy atom. The minimum atomic E-state index is 0.0556. The molecule has 0 heterocycles. The molecule has 1 nitrogen and oxygen atoms in total. The topological polar surface area (TPSA) is 17.1 Å². The first-order chi connectivity index (χ1) is 4.72. The summed E-state index contributed by atoms with van der Waals surface area (Å²) in [6.45, 7) is 3.87. The van der Waals surface area contributed by atoms with Crippen LogP contribution in [0.25, 0.3) is 0 Å². The van der Waals surface area contributed by atoms with E-state index in [4.69, 9.17) is 0 Å². The van der Waals surface area contributed by atoms with Crippen molar-refractivity contribution in [2.75, 3.05) is 0 Å². The highest BCUT2D eigenvalue weighted by atomic mass is 16.1. The molecule has 1 aliphatic rings. The molecule has 0 N–H and O–H groups in total. The Morgan fingerprint density at radius 2 is 1.80 bits per heavy atom. The van der Waals surface area contributed by atoms with Gasteiger partial charge in [-0.25, -0.2) is 0 Å². The maximum Gasteiger partial charge on any atom is 0.146 e.